The van der Waals surface area contributed by atoms with Crippen LogP contribution in [-0.4, -0.2) is 0 Å². The van der Waals surface area contributed by atoms with E-state index in [1.54, 1.807) is 0 Å². The molecule has 3 heteroatoms. The highest BCUT2D eigenvalue weighted by Crippen LogP contribution is 2.21. The maximum absolute atomic E-state index is 8.50. The first kappa shape index (κ1) is 10.0. The first-order valence-corrected chi connectivity index (χ1v) is 4.41. The van der Waals surface area contributed by atoms with E-state index >= 15 is 0 Å². The molecule has 0 saturated carbocycles. The van der Waals surface area contributed by atoms with Gasteiger partial charge < -0.3 is 5.73 Å². The van der Waals surface area contributed by atoms with Gasteiger partial charge in [-0.1, -0.05) is 17.7 Å². The van der Waals surface area contributed by atoms with Crippen molar-refractivity contribution >= 4 is 11.6 Å². The molecular weight excluding hydrogens is 184 g/mol. The predicted octanol–water partition coefficient (Wildman–Crippen LogP) is 2.56. The van der Waals surface area contributed by atoms with Gasteiger partial charge in [-0.15, -0.1) is 0 Å². The van der Waals surface area contributed by atoms with Crippen LogP contribution in [-0.2, 0) is 0 Å². The third-order valence-electron chi connectivity index (χ3n) is 1.95. The molecule has 1 rings (SSSR count). The van der Waals surface area contributed by atoms with Gasteiger partial charge in [0.05, 0.1) is 12.5 Å². The van der Waals surface area contributed by atoms with Gasteiger partial charge in [-0.05, 0) is 30.2 Å². The van der Waals surface area contributed by atoms with Crippen molar-refractivity contribution in [1.82, 2.24) is 0 Å². The number of hydrogen-bond acceptors (Lipinski definition) is 2. The molecule has 2 N–H and O–H groups in total. The summed E-state index contributed by atoms with van der Waals surface area (Å²) in [5, 5.41) is 9.16. The van der Waals surface area contributed by atoms with Crippen LogP contribution in [0.5, 0.6) is 0 Å². The Morgan fingerprint density at radius 3 is 2.92 bits per heavy atom. The molecule has 1 aromatic rings. The number of nitrogens with zero attached hydrogens (tertiary/aromatic N) is 1. The Kier molecular flexibility index (Phi) is 3.30. The fraction of sp³-hybridized carbons (Fsp3) is 0.300. The SMILES string of the molecule is Cc1ccc(Cl)cc1[C@H](N)CC#N. The number of nitrogens with two attached hydrogens (primary N) is 1. The summed E-state index contributed by atoms with van der Waals surface area (Å²) in [6.45, 7) is 1.96. The molecule has 0 fully saturated rings. The molecule has 0 unspecified atom stereocenters. The molecule has 0 saturated heterocycles. The Morgan fingerprint density at radius 2 is 2.31 bits per heavy atom. The summed E-state index contributed by atoms with van der Waals surface area (Å²) in [4.78, 5) is 0. The van der Waals surface area contributed by atoms with Gasteiger partial charge in [0.15, 0.2) is 0 Å². The minimum Gasteiger partial charge on any atom is -0.323 e. The van der Waals surface area contributed by atoms with Gasteiger partial charge in [0, 0.05) is 11.1 Å². The molecule has 2 nitrogen and oxygen atoms in total. The Labute approximate surface area is 82.9 Å². The van der Waals surface area contributed by atoms with Crippen LogP contribution in [0.4, 0.5) is 0 Å². The summed E-state index contributed by atoms with van der Waals surface area (Å²) in [5.74, 6) is 0. The molecule has 0 spiro atoms. The van der Waals surface area contributed by atoms with Gasteiger partial charge in [-0.25, -0.2) is 0 Å². The third kappa shape index (κ3) is 2.45. The molecule has 0 aliphatic heterocycles. The summed E-state index contributed by atoms with van der Waals surface area (Å²) in [5.41, 5.74) is 7.82. The van der Waals surface area contributed by atoms with E-state index in [2.05, 4.69) is 0 Å². The highest BCUT2D eigenvalue weighted by atomic mass is 35.5. The highest BCUT2D eigenvalue weighted by Gasteiger charge is 2.08. The van der Waals surface area contributed by atoms with Gasteiger partial charge in [0.2, 0.25) is 0 Å². The molecule has 0 bridgehead atoms. The van der Waals surface area contributed by atoms with Crippen molar-refractivity contribution in [2.75, 3.05) is 0 Å². The van der Waals surface area contributed by atoms with Gasteiger partial charge in [-0.3, -0.25) is 0 Å². The molecule has 0 aliphatic carbocycles. The molecule has 1 aromatic carbocycles. The summed E-state index contributed by atoms with van der Waals surface area (Å²) in [6.07, 6.45) is 0.321. The fourth-order valence-electron chi connectivity index (χ4n) is 1.22. The average molecular weight is 195 g/mol. The van der Waals surface area contributed by atoms with Crippen LogP contribution in [0.1, 0.15) is 23.6 Å². The molecule has 0 radical (unpaired) electrons. The van der Waals surface area contributed by atoms with Crippen molar-refractivity contribution < 1.29 is 0 Å². The predicted molar refractivity (Wildman–Crippen MR) is 53.3 cm³/mol. The summed E-state index contributed by atoms with van der Waals surface area (Å²) >= 11 is 5.82. The number of rotatable bonds is 2. The van der Waals surface area contributed by atoms with E-state index in [9.17, 15) is 0 Å². The van der Waals surface area contributed by atoms with Gasteiger partial charge >= 0.3 is 0 Å². The Hall–Kier alpha value is -1.04. The first-order valence-electron chi connectivity index (χ1n) is 4.03. The third-order valence-corrected chi connectivity index (χ3v) is 2.19. The lowest BCUT2D eigenvalue weighted by molar-refractivity contribution is 0.742. The van der Waals surface area contributed by atoms with E-state index < -0.39 is 0 Å². The Bertz CT molecular complexity index is 341. The van der Waals surface area contributed by atoms with Crippen molar-refractivity contribution in [3.8, 4) is 6.07 Å². The van der Waals surface area contributed by atoms with Gasteiger partial charge in [-0.2, -0.15) is 5.26 Å². The van der Waals surface area contributed by atoms with E-state index in [0.29, 0.717) is 11.4 Å². The summed E-state index contributed by atoms with van der Waals surface area (Å²) in [7, 11) is 0. The van der Waals surface area contributed by atoms with Crippen LogP contribution in [0.2, 0.25) is 5.02 Å². The quantitative estimate of drug-likeness (QED) is 0.787. The van der Waals surface area contributed by atoms with E-state index in [-0.39, 0.29) is 6.04 Å². The normalized spacial score (nSPS) is 12.2. The molecule has 68 valence electrons. The fourth-order valence-corrected chi connectivity index (χ4v) is 1.40. The number of benzene rings is 1. The lowest BCUT2D eigenvalue weighted by Crippen LogP contribution is -2.10. The number of halogens is 1. The second-order valence-corrected chi connectivity index (χ2v) is 3.41. The number of aryl methyl sites for hydroxylation is 1. The monoisotopic (exact) mass is 194 g/mol. The van der Waals surface area contributed by atoms with Crippen molar-refractivity contribution in [2.24, 2.45) is 5.73 Å². The van der Waals surface area contributed by atoms with E-state index in [0.717, 1.165) is 11.1 Å². The highest BCUT2D eigenvalue weighted by molar-refractivity contribution is 6.30. The van der Waals surface area contributed by atoms with E-state index in [4.69, 9.17) is 22.6 Å². The number of hydrogen-bond donors (Lipinski definition) is 1. The molecule has 0 aromatic heterocycles. The van der Waals surface area contributed by atoms with Crippen LogP contribution in [0.25, 0.3) is 0 Å². The van der Waals surface area contributed by atoms with Crippen LogP contribution in [0.15, 0.2) is 18.2 Å². The van der Waals surface area contributed by atoms with Crippen LogP contribution >= 0.6 is 11.6 Å². The lowest BCUT2D eigenvalue weighted by atomic mass is 10.0. The van der Waals surface area contributed by atoms with Crippen molar-refractivity contribution in [3.05, 3.63) is 34.3 Å². The first-order chi connectivity index (χ1) is 6.15. The minimum absolute atomic E-state index is 0.233. The van der Waals surface area contributed by atoms with Crippen molar-refractivity contribution in [3.63, 3.8) is 0 Å². The second kappa shape index (κ2) is 4.27. The topological polar surface area (TPSA) is 49.8 Å². The van der Waals surface area contributed by atoms with Gasteiger partial charge in [0.25, 0.3) is 0 Å². The molecule has 0 heterocycles. The smallest absolute Gasteiger partial charge is 0.0641 e. The lowest BCUT2D eigenvalue weighted by Gasteiger charge is -2.11. The van der Waals surface area contributed by atoms with Gasteiger partial charge in [0.1, 0.15) is 0 Å². The summed E-state index contributed by atoms with van der Waals surface area (Å²) in [6, 6.07) is 7.36. The Balaban J connectivity index is 3.00. The molecule has 1 atom stereocenters. The molecule has 13 heavy (non-hydrogen) atoms. The van der Waals surface area contributed by atoms with Crippen LogP contribution < -0.4 is 5.73 Å². The number of nitriles is 1. The standard InChI is InChI=1S/C10H11ClN2/c1-7-2-3-8(11)6-9(7)10(13)4-5-12/h2-3,6,10H,4,13H2,1H3/t10-/m1/s1. The average Bonchev–Trinajstić information content (AvgIpc) is 2.09. The van der Waals surface area contributed by atoms with Crippen LogP contribution in [0.3, 0.4) is 0 Å². The maximum Gasteiger partial charge on any atom is 0.0641 e. The zero-order chi connectivity index (χ0) is 9.84. The summed E-state index contributed by atoms with van der Waals surface area (Å²) < 4.78 is 0. The zero-order valence-electron chi connectivity index (χ0n) is 7.42. The second-order valence-electron chi connectivity index (χ2n) is 2.97. The van der Waals surface area contributed by atoms with Crippen molar-refractivity contribution in [1.29, 1.82) is 5.26 Å². The molecule has 0 aliphatic rings. The van der Waals surface area contributed by atoms with Crippen LogP contribution in [0, 0.1) is 18.3 Å². The molecular formula is C10H11ClN2. The minimum atomic E-state index is -0.233. The maximum atomic E-state index is 8.50. The van der Waals surface area contributed by atoms with E-state index in [1.165, 1.54) is 0 Å². The Morgan fingerprint density at radius 1 is 1.62 bits per heavy atom. The zero-order valence-corrected chi connectivity index (χ0v) is 8.17. The largest absolute Gasteiger partial charge is 0.323 e. The van der Waals surface area contributed by atoms with Crippen molar-refractivity contribution in [2.45, 2.75) is 19.4 Å². The molecule has 0 amide bonds. The van der Waals surface area contributed by atoms with E-state index in [1.807, 2.05) is 31.2 Å².